The van der Waals surface area contributed by atoms with Crippen molar-refractivity contribution in [2.45, 2.75) is 4.34 Å². The zero-order valence-electron chi connectivity index (χ0n) is 8.96. The van der Waals surface area contributed by atoms with Crippen LogP contribution in [0.15, 0.2) is 28.6 Å². The number of hydrogen-bond acceptors (Lipinski definition) is 6. The van der Waals surface area contributed by atoms with Crippen LogP contribution in [0.5, 0.6) is 0 Å². The molecular weight excluding hydrogens is 294 g/mol. The fraction of sp³-hybridized carbons (Fsp3) is 0.100. The van der Waals surface area contributed by atoms with Crippen molar-refractivity contribution in [1.82, 2.24) is 10.2 Å². The fourth-order valence-electron chi connectivity index (χ4n) is 1.13. The number of benzene rings is 1. The Hall–Kier alpha value is -1.31. The van der Waals surface area contributed by atoms with Crippen LogP contribution in [-0.2, 0) is 4.79 Å². The van der Waals surface area contributed by atoms with Crippen LogP contribution < -0.4 is 5.32 Å². The lowest BCUT2D eigenvalue weighted by molar-refractivity contribution is -0.133. The highest BCUT2D eigenvalue weighted by molar-refractivity contribution is 8.01. The van der Waals surface area contributed by atoms with Gasteiger partial charge in [-0.2, -0.15) is 0 Å². The van der Waals surface area contributed by atoms with E-state index in [2.05, 4.69) is 15.5 Å². The molecule has 0 aliphatic heterocycles. The van der Waals surface area contributed by atoms with Gasteiger partial charge in [-0.05, 0) is 18.2 Å². The molecule has 94 valence electrons. The van der Waals surface area contributed by atoms with Gasteiger partial charge in [-0.1, -0.05) is 40.8 Å². The van der Waals surface area contributed by atoms with Gasteiger partial charge in [0.25, 0.3) is 0 Å². The monoisotopic (exact) mass is 301 g/mol. The van der Waals surface area contributed by atoms with Crippen molar-refractivity contribution in [2.24, 2.45) is 0 Å². The number of aliphatic carboxylic acids is 1. The molecule has 2 N–H and O–H groups in total. The Morgan fingerprint density at radius 3 is 3.06 bits per heavy atom. The lowest BCUT2D eigenvalue weighted by Gasteiger charge is -2.00. The molecule has 2 rings (SSSR count). The van der Waals surface area contributed by atoms with Crippen molar-refractivity contribution in [1.29, 1.82) is 0 Å². The van der Waals surface area contributed by atoms with E-state index in [0.717, 1.165) is 17.4 Å². The normalized spacial score (nSPS) is 10.3. The summed E-state index contributed by atoms with van der Waals surface area (Å²) in [5.74, 6) is -0.897. The fourth-order valence-corrected chi connectivity index (χ4v) is 2.81. The number of aromatic nitrogens is 2. The lowest BCUT2D eigenvalue weighted by atomic mass is 10.3. The molecule has 0 saturated heterocycles. The van der Waals surface area contributed by atoms with Crippen molar-refractivity contribution < 1.29 is 9.90 Å². The number of nitrogens with one attached hydrogen (secondary N) is 1. The summed E-state index contributed by atoms with van der Waals surface area (Å²) >= 11 is 8.30. The van der Waals surface area contributed by atoms with Crippen molar-refractivity contribution in [3.63, 3.8) is 0 Å². The summed E-state index contributed by atoms with van der Waals surface area (Å²) in [5, 5.41) is 20.6. The number of carboxylic acids is 1. The summed E-state index contributed by atoms with van der Waals surface area (Å²) in [4.78, 5) is 10.4. The average molecular weight is 302 g/mol. The summed E-state index contributed by atoms with van der Waals surface area (Å²) in [5.41, 5.74) is 0.813. The smallest absolute Gasteiger partial charge is 0.313 e. The standard InChI is InChI=1S/C10H8ClN3O2S2/c11-6-2-1-3-7(4-6)12-9-13-14-10(18-9)17-5-8(15)16/h1-4H,5H2,(H,12,13)(H,15,16). The summed E-state index contributed by atoms with van der Waals surface area (Å²) in [6.07, 6.45) is 0. The van der Waals surface area contributed by atoms with Crippen LogP contribution in [0, 0.1) is 0 Å². The molecule has 5 nitrogen and oxygen atoms in total. The molecule has 0 atom stereocenters. The first kappa shape index (κ1) is 13.1. The maximum atomic E-state index is 10.4. The molecule has 0 radical (unpaired) electrons. The van der Waals surface area contributed by atoms with E-state index in [1.54, 1.807) is 12.1 Å². The van der Waals surface area contributed by atoms with Crippen LogP contribution in [-0.4, -0.2) is 27.0 Å². The predicted molar refractivity (Wildman–Crippen MR) is 73.0 cm³/mol. The van der Waals surface area contributed by atoms with Gasteiger partial charge in [0.2, 0.25) is 5.13 Å². The second-order valence-electron chi connectivity index (χ2n) is 3.19. The first-order valence-corrected chi connectivity index (χ1v) is 7.02. The highest BCUT2D eigenvalue weighted by atomic mass is 35.5. The van der Waals surface area contributed by atoms with E-state index in [9.17, 15) is 4.79 Å². The number of nitrogens with zero attached hydrogens (tertiary/aromatic N) is 2. The van der Waals surface area contributed by atoms with Crippen molar-refractivity contribution in [3.05, 3.63) is 29.3 Å². The Labute approximate surface area is 116 Å². The van der Waals surface area contributed by atoms with Gasteiger partial charge in [0, 0.05) is 10.7 Å². The van der Waals surface area contributed by atoms with Crippen LogP contribution in [0.3, 0.4) is 0 Å². The number of hydrogen-bond donors (Lipinski definition) is 2. The van der Waals surface area contributed by atoms with Gasteiger partial charge in [-0.15, -0.1) is 10.2 Å². The third kappa shape index (κ3) is 3.86. The van der Waals surface area contributed by atoms with Gasteiger partial charge in [-0.25, -0.2) is 0 Å². The third-order valence-corrected chi connectivity index (χ3v) is 3.99. The quantitative estimate of drug-likeness (QED) is 0.827. The molecule has 0 unspecified atom stereocenters. The van der Waals surface area contributed by atoms with Crippen LogP contribution in [0.4, 0.5) is 10.8 Å². The highest BCUT2D eigenvalue weighted by Crippen LogP contribution is 2.28. The molecule has 1 aromatic carbocycles. The van der Waals surface area contributed by atoms with Crippen LogP contribution in [0.2, 0.25) is 5.02 Å². The lowest BCUT2D eigenvalue weighted by Crippen LogP contribution is -1.96. The van der Waals surface area contributed by atoms with Crippen LogP contribution in [0.1, 0.15) is 0 Å². The van der Waals surface area contributed by atoms with Gasteiger partial charge in [0.1, 0.15) is 0 Å². The van der Waals surface area contributed by atoms with E-state index in [0.29, 0.717) is 14.5 Å². The Morgan fingerprint density at radius 1 is 1.50 bits per heavy atom. The molecule has 0 bridgehead atoms. The topological polar surface area (TPSA) is 75.1 Å². The minimum absolute atomic E-state index is 0.0220. The molecule has 0 fully saturated rings. The van der Waals surface area contributed by atoms with E-state index in [1.807, 2.05) is 12.1 Å². The first-order valence-electron chi connectivity index (χ1n) is 4.84. The van der Waals surface area contributed by atoms with Gasteiger partial charge in [-0.3, -0.25) is 4.79 Å². The molecule has 2 aromatic rings. The summed E-state index contributed by atoms with van der Waals surface area (Å²) < 4.78 is 0.613. The molecule has 0 aliphatic rings. The number of carbonyl (C=O) groups is 1. The minimum atomic E-state index is -0.875. The highest BCUT2D eigenvalue weighted by Gasteiger charge is 2.07. The van der Waals surface area contributed by atoms with E-state index >= 15 is 0 Å². The van der Waals surface area contributed by atoms with E-state index < -0.39 is 5.97 Å². The van der Waals surface area contributed by atoms with Gasteiger partial charge in [0.05, 0.1) is 5.75 Å². The number of anilines is 2. The minimum Gasteiger partial charge on any atom is -0.481 e. The molecular formula is C10H8ClN3O2S2. The largest absolute Gasteiger partial charge is 0.481 e. The molecule has 1 aromatic heterocycles. The molecule has 0 amide bonds. The van der Waals surface area contributed by atoms with Crippen molar-refractivity contribution in [3.8, 4) is 0 Å². The van der Waals surface area contributed by atoms with Crippen molar-refractivity contribution in [2.75, 3.05) is 11.1 Å². The average Bonchev–Trinajstić information content (AvgIpc) is 2.74. The molecule has 0 saturated carbocycles. The van der Waals surface area contributed by atoms with Gasteiger partial charge >= 0.3 is 5.97 Å². The van der Waals surface area contributed by atoms with Crippen LogP contribution in [0.25, 0.3) is 0 Å². The summed E-state index contributed by atoms with van der Waals surface area (Å²) in [6.45, 7) is 0. The Morgan fingerprint density at radius 2 is 2.33 bits per heavy atom. The number of thioether (sulfide) groups is 1. The zero-order valence-corrected chi connectivity index (χ0v) is 11.3. The Balaban J connectivity index is 2.00. The molecule has 1 heterocycles. The van der Waals surface area contributed by atoms with E-state index in [1.165, 1.54) is 11.3 Å². The SMILES string of the molecule is O=C(O)CSc1nnc(Nc2cccc(Cl)c2)s1. The molecule has 0 spiro atoms. The maximum Gasteiger partial charge on any atom is 0.313 e. The van der Waals surface area contributed by atoms with Gasteiger partial charge in [0.15, 0.2) is 4.34 Å². The maximum absolute atomic E-state index is 10.4. The zero-order chi connectivity index (χ0) is 13.0. The van der Waals surface area contributed by atoms with E-state index in [4.69, 9.17) is 16.7 Å². The first-order chi connectivity index (χ1) is 8.63. The Bertz CT molecular complexity index is 562. The van der Waals surface area contributed by atoms with Crippen LogP contribution >= 0.6 is 34.7 Å². The summed E-state index contributed by atoms with van der Waals surface area (Å²) in [7, 11) is 0. The number of halogens is 1. The molecule has 8 heteroatoms. The van der Waals surface area contributed by atoms with Gasteiger partial charge < -0.3 is 10.4 Å². The number of rotatable bonds is 5. The van der Waals surface area contributed by atoms with E-state index in [-0.39, 0.29) is 5.75 Å². The molecule has 0 aliphatic carbocycles. The predicted octanol–water partition coefficient (Wildman–Crippen LogP) is 3.11. The molecule has 18 heavy (non-hydrogen) atoms. The summed E-state index contributed by atoms with van der Waals surface area (Å²) in [6, 6.07) is 7.23. The second kappa shape index (κ2) is 6.03. The second-order valence-corrected chi connectivity index (χ2v) is 5.83. The Kier molecular flexibility index (Phi) is 4.40. The number of carboxylic acid groups (broad SMARTS) is 1. The van der Waals surface area contributed by atoms with Crippen molar-refractivity contribution >= 4 is 51.5 Å². The third-order valence-electron chi connectivity index (χ3n) is 1.80.